The van der Waals surface area contributed by atoms with Gasteiger partial charge in [-0.15, -0.1) is 0 Å². The van der Waals surface area contributed by atoms with Crippen molar-refractivity contribution < 1.29 is 4.79 Å². The maximum absolute atomic E-state index is 11.1. The summed E-state index contributed by atoms with van der Waals surface area (Å²) in [6.07, 6.45) is 0. The number of hydrogen-bond donors (Lipinski definition) is 1. The second-order valence-electron chi connectivity index (χ2n) is 2.68. The van der Waals surface area contributed by atoms with Crippen LogP contribution < -0.4 is 5.32 Å². The third-order valence-electron chi connectivity index (χ3n) is 1.78. The maximum Gasteiger partial charge on any atom is 0.234 e. The smallest absolute Gasteiger partial charge is 0.234 e. The summed E-state index contributed by atoms with van der Waals surface area (Å²) in [6.45, 7) is 0. The molecule has 3 heteroatoms. The molecule has 1 aromatic rings. The molecule has 62 valence electrons. The molecule has 1 aliphatic heterocycles. The minimum absolute atomic E-state index is 0.0760. The number of carbonyl (C=O) groups is 1. The van der Waals surface area contributed by atoms with E-state index in [4.69, 9.17) is 0 Å². The number of amides is 1. The molecule has 1 heterocycles. The highest BCUT2D eigenvalue weighted by Gasteiger charge is 2.15. The molecule has 1 unspecified atom stereocenters. The van der Waals surface area contributed by atoms with Gasteiger partial charge in [0.1, 0.15) is 0 Å². The molecule has 0 saturated carbocycles. The minimum atomic E-state index is -0.157. The van der Waals surface area contributed by atoms with Crippen LogP contribution in [0, 0.1) is 0 Å². The number of carbonyl (C=O) groups excluding carboxylic acids is 1. The number of anilines is 1. The van der Waals surface area contributed by atoms with Gasteiger partial charge >= 0.3 is 0 Å². The molecule has 0 spiro atoms. The van der Waals surface area contributed by atoms with Crippen LogP contribution in [0.5, 0.6) is 0 Å². The third-order valence-corrected chi connectivity index (χ3v) is 3.37. The predicted octanol–water partition coefficient (Wildman–Crippen LogP) is 1.70. The molecule has 0 radical (unpaired) electrons. The van der Waals surface area contributed by atoms with Crippen molar-refractivity contribution in [1.29, 1.82) is 0 Å². The van der Waals surface area contributed by atoms with Crippen LogP contribution >= 0.6 is 10.5 Å². The molecule has 0 aromatic heterocycles. The zero-order valence-electron chi connectivity index (χ0n) is 6.54. The van der Waals surface area contributed by atoms with Crippen molar-refractivity contribution in [3.05, 3.63) is 24.3 Å². The number of benzene rings is 1. The lowest BCUT2D eigenvalue weighted by Crippen LogP contribution is -2.19. The molecule has 0 bridgehead atoms. The fraction of sp³-hybridized carbons (Fsp3) is 0.111. The zero-order chi connectivity index (χ0) is 8.55. The SMILES string of the molecule is C=S1CC(=O)Nc2ccccc21. The van der Waals surface area contributed by atoms with E-state index in [0.29, 0.717) is 5.75 Å². The minimum Gasteiger partial charge on any atom is -0.324 e. The first-order valence-corrected chi connectivity index (χ1v) is 5.23. The van der Waals surface area contributed by atoms with Gasteiger partial charge in [0.25, 0.3) is 0 Å². The molecule has 0 aliphatic carbocycles. The van der Waals surface area contributed by atoms with Crippen molar-refractivity contribution in [2.45, 2.75) is 4.90 Å². The summed E-state index contributed by atoms with van der Waals surface area (Å²) in [5.74, 6) is 4.56. The highest BCUT2D eigenvalue weighted by atomic mass is 32.2. The molecular formula is C9H9NOS. The van der Waals surface area contributed by atoms with E-state index < -0.39 is 0 Å². The van der Waals surface area contributed by atoms with Crippen LogP contribution in [0.4, 0.5) is 5.69 Å². The monoisotopic (exact) mass is 179 g/mol. The first-order chi connectivity index (χ1) is 5.77. The van der Waals surface area contributed by atoms with E-state index in [1.54, 1.807) is 0 Å². The molecule has 1 amide bonds. The average Bonchev–Trinajstić information content (AvgIpc) is 2.04. The van der Waals surface area contributed by atoms with E-state index in [0.717, 1.165) is 10.6 Å². The molecule has 2 rings (SSSR count). The highest BCUT2D eigenvalue weighted by molar-refractivity contribution is 8.14. The Kier molecular flexibility index (Phi) is 1.73. The third kappa shape index (κ3) is 1.16. The topological polar surface area (TPSA) is 29.1 Å². The summed E-state index contributed by atoms with van der Waals surface area (Å²) in [4.78, 5) is 12.3. The van der Waals surface area contributed by atoms with Gasteiger partial charge in [-0.1, -0.05) is 18.0 Å². The van der Waals surface area contributed by atoms with Crippen LogP contribution in [0.3, 0.4) is 0 Å². The number of fused-ring (bicyclic) bond motifs is 1. The van der Waals surface area contributed by atoms with Gasteiger partial charge in [0.15, 0.2) is 0 Å². The maximum atomic E-state index is 11.1. The summed E-state index contributed by atoms with van der Waals surface area (Å²) < 4.78 is 0. The number of hydrogen-bond acceptors (Lipinski definition) is 1. The van der Waals surface area contributed by atoms with Crippen LogP contribution in [0.2, 0.25) is 0 Å². The molecule has 2 nitrogen and oxygen atoms in total. The highest BCUT2D eigenvalue weighted by Crippen LogP contribution is 2.34. The number of para-hydroxylation sites is 1. The Morgan fingerprint density at radius 1 is 1.42 bits per heavy atom. The largest absolute Gasteiger partial charge is 0.324 e. The van der Waals surface area contributed by atoms with Crippen molar-refractivity contribution in [2.24, 2.45) is 0 Å². The van der Waals surface area contributed by atoms with Crippen molar-refractivity contribution in [2.75, 3.05) is 11.1 Å². The zero-order valence-corrected chi connectivity index (χ0v) is 7.36. The normalized spacial score (nSPS) is 21.3. The molecule has 1 aliphatic rings. The Hall–Kier alpha value is -1.09. The van der Waals surface area contributed by atoms with Crippen LogP contribution in [0.1, 0.15) is 0 Å². The van der Waals surface area contributed by atoms with E-state index in [1.165, 1.54) is 0 Å². The lowest BCUT2D eigenvalue weighted by Gasteiger charge is -2.18. The van der Waals surface area contributed by atoms with Crippen LogP contribution in [-0.2, 0) is 4.79 Å². The molecular weight excluding hydrogens is 170 g/mol. The molecule has 1 atom stereocenters. The van der Waals surface area contributed by atoms with Crippen molar-refractivity contribution in [1.82, 2.24) is 0 Å². The average molecular weight is 179 g/mol. The van der Waals surface area contributed by atoms with E-state index in [2.05, 4.69) is 11.2 Å². The molecule has 12 heavy (non-hydrogen) atoms. The summed E-state index contributed by atoms with van der Waals surface area (Å²) in [7, 11) is -0.157. The van der Waals surface area contributed by atoms with Gasteiger partial charge in [0.05, 0.1) is 11.4 Å². The van der Waals surface area contributed by atoms with Gasteiger partial charge in [0.2, 0.25) is 5.91 Å². The summed E-state index contributed by atoms with van der Waals surface area (Å²) in [5.41, 5.74) is 0.923. The van der Waals surface area contributed by atoms with E-state index in [-0.39, 0.29) is 16.4 Å². The van der Waals surface area contributed by atoms with E-state index in [9.17, 15) is 4.79 Å². The Morgan fingerprint density at radius 3 is 3.00 bits per heavy atom. The lowest BCUT2D eigenvalue weighted by molar-refractivity contribution is -0.113. The van der Waals surface area contributed by atoms with Gasteiger partial charge in [-0.2, -0.15) is 10.5 Å². The quantitative estimate of drug-likeness (QED) is 0.603. The summed E-state index contributed by atoms with van der Waals surface area (Å²) in [5, 5.41) is 2.82. The molecule has 1 N–H and O–H groups in total. The van der Waals surface area contributed by atoms with E-state index >= 15 is 0 Å². The Morgan fingerprint density at radius 2 is 2.17 bits per heavy atom. The molecule has 0 fully saturated rings. The number of rotatable bonds is 0. The first kappa shape index (κ1) is 7.55. The van der Waals surface area contributed by atoms with Crippen molar-refractivity contribution in [3.63, 3.8) is 0 Å². The van der Waals surface area contributed by atoms with Crippen LogP contribution in [0.25, 0.3) is 0 Å². The van der Waals surface area contributed by atoms with Crippen molar-refractivity contribution >= 4 is 27.9 Å². The second kappa shape index (κ2) is 2.75. The van der Waals surface area contributed by atoms with E-state index in [1.807, 2.05) is 24.3 Å². The fourth-order valence-electron chi connectivity index (χ4n) is 1.24. The standard InChI is InChI=1S/C9H9NOS/c1-12-6-9(11)10-7-4-2-3-5-8(7)12/h2-5H,1,6H2,(H,10,11). The first-order valence-electron chi connectivity index (χ1n) is 3.67. The second-order valence-corrected chi connectivity index (χ2v) is 4.40. The van der Waals surface area contributed by atoms with Gasteiger partial charge in [-0.05, 0) is 12.1 Å². The molecule has 1 aromatic carbocycles. The van der Waals surface area contributed by atoms with Gasteiger partial charge in [-0.3, -0.25) is 4.79 Å². The van der Waals surface area contributed by atoms with Gasteiger partial charge in [0, 0.05) is 4.90 Å². The summed E-state index contributed by atoms with van der Waals surface area (Å²) >= 11 is 0. The van der Waals surface area contributed by atoms with Gasteiger partial charge in [-0.25, -0.2) is 0 Å². The van der Waals surface area contributed by atoms with Crippen LogP contribution in [0.15, 0.2) is 29.2 Å². The predicted molar refractivity (Wildman–Crippen MR) is 52.9 cm³/mol. The Labute approximate surface area is 73.5 Å². The Balaban J connectivity index is 2.54. The van der Waals surface area contributed by atoms with Gasteiger partial charge < -0.3 is 5.32 Å². The van der Waals surface area contributed by atoms with Crippen LogP contribution in [-0.4, -0.2) is 17.5 Å². The fourth-order valence-corrected chi connectivity index (χ4v) is 2.49. The Bertz CT molecular complexity index is 359. The summed E-state index contributed by atoms with van der Waals surface area (Å²) in [6, 6.07) is 7.82. The van der Waals surface area contributed by atoms with Crippen molar-refractivity contribution in [3.8, 4) is 0 Å². The number of nitrogens with one attached hydrogen (secondary N) is 1. The lowest BCUT2D eigenvalue weighted by atomic mass is 10.3. The molecule has 0 saturated heterocycles.